The zero-order valence-corrected chi connectivity index (χ0v) is 17.7. The molecule has 3 aromatic rings. The molecule has 4 rings (SSSR count). The zero-order valence-electron chi connectivity index (χ0n) is 16.9. The molecule has 1 aliphatic rings. The minimum atomic E-state index is -0.143. The lowest BCUT2D eigenvalue weighted by Gasteiger charge is -2.22. The molecule has 2 heterocycles. The average Bonchev–Trinajstić information content (AvgIpc) is 3.22. The Morgan fingerprint density at radius 1 is 1.03 bits per heavy atom. The van der Waals surface area contributed by atoms with Crippen LogP contribution in [0.2, 0.25) is 0 Å². The quantitative estimate of drug-likeness (QED) is 0.490. The first-order chi connectivity index (χ1) is 14.7. The van der Waals surface area contributed by atoms with Crippen molar-refractivity contribution in [3.05, 3.63) is 60.7 Å². The molecule has 1 amide bonds. The van der Waals surface area contributed by atoms with Crippen molar-refractivity contribution in [3.8, 4) is 17.1 Å². The molecule has 0 bridgehead atoms. The van der Waals surface area contributed by atoms with Gasteiger partial charge in [-0.1, -0.05) is 60.3 Å². The second-order valence-electron chi connectivity index (χ2n) is 7.15. The number of carbonyl (C=O) groups excluding carboxylic acids is 1. The van der Waals surface area contributed by atoms with Crippen LogP contribution in [-0.4, -0.2) is 57.2 Å². The van der Waals surface area contributed by atoms with Crippen LogP contribution in [0.3, 0.4) is 0 Å². The van der Waals surface area contributed by atoms with Crippen molar-refractivity contribution in [2.45, 2.75) is 18.0 Å². The number of hydrazone groups is 1. The standard InChI is InChI=1S/C22H24N6OS/c1-27-14-12-18(13-15-27)23-24-20(29)16-30-22-26-25-21(17-8-4-2-5-9-17)28(22)19-10-6-3-7-11-19/h2-11H,12-16H2,1H3,(H,24,29). The summed E-state index contributed by atoms with van der Waals surface area (Å²) in [5.41, 5.74) is 5.66. The molecule has 7 nitrogen and oxygen atoms in total. The highest BCUT2D eigenvalue weighted by molar-refractivity contribution is 7.99. The Morgan fingerprint density at radius 2 is 1.70 bits per heavy atom. The number of para-hydroxylation sites is 1. The molecular weight excluding hydrogens is 396 g/mol. The summed E-state index contributed by atoms with van der Waals surface area (Å²) in [4.78, 5) is 14.6. The highest BCUT2D eigenvalue weighted by Gasteiger charge is 2.17. The maximum absolute atomic E-state index is 12.3. The largest absolute Gasteiger partial charge is 0.306 e. The lowest BCUT2D eigenvalue weighted by atomic mass is 10.1. The first-order valence-electron chi connectivity index (χ1n) is 9.92. The molecular formula is C22H24N6OS. The summed E-state index contributed by atoms with van der Waals surface area (Å²) in [6, 6.07) is 19.9. The van der Waals surface area contributed by atoms with E-state index in [1.165, 1.54) is 11.8 Å². The number of piperidine rings is 1. The Balaban J connectivity index is 1.48. The zero-order chi connectivity index (χ0) is 20.8. The van der Waals surface area contributed by atoms with E-state index in [-0.39, 0.29) is 11.7 Å². The molecule has 30 heavy (non-hydrogen) atoms. The molecule has 154 valence electrons. The lowest BCUT2D eigenvalue weighted by Crippen LogP contribution is -2.32. The topological polar surface area (TPSA) is 75.4 Å². The predicted octanol–water partition coefficient (Wildman–Crippen LogP) is 3.22. The second kappa shape index (κ2) is 9.69. The minimum Gasteiger partial charge on any atom is -0.306 e. The SMILES string of the molecule is CN1CCC(=NNC(=O)CSc2nnc(-c3ccccc3)n2-c2ccccc2)CC1. The van der Waals surface area contributed by atoms with Crippen molar-refractivity contribution in [3.63, 3.8) is 0 Å². The van der Waals surface area contributed by atoms with Crippen LogP contribution < -0.4 is 5.43 Å². The van der Waals surface area contributed by atoms with E-state index >= 15 is 0 Å². The van der Waals surface area contributed by atoms with E-state index in [1.54, 1.807) is 0 Å². The van der Waals surface area contributed by atoms with Crippen LogP contribution in [0.15, 0.2) is 70.9 Å². The van der Waals surface area contributed by atoms with Gasteiger partial charge in [0.15, 0.2) is 11.0 Å². The molecule has 1 fully saturated rings. The molecule has 1 aliphatic heterocycles. The summed E-state index contributed by atoms with van der Waals surface area (Å²) in [6.45, 7) is 1.96. The lowest BCUT2D eigenvalue weighted by molar-refractivity contribution is -0.118. The third kappa shape index (κ3) is 4.95. The van der Waals surface area contributed by atoms with Crippen LogP contribution in [0.1, 0.15) is 12.8 Å². The smallest absolute Gasteiger partial charge is 0.250 e. The number of hydrogen-bond acceptors (Lipinski definition) is 6. The van der Waals surface area contributed by atoms with Gasteiger partial charge in [-0.2, -0.15) is 5.10 Å². The van der Waals surface area contributed by atoms with Crippen LogP contribution in [-0.2, 0) is 4.79 Å². The van der Waals surface area contributed by atoms with Crippen molar-refractivity contribution < 1.29 is 4.79 Å². The molecule has 0 unspecified atom stereocenters. The van der Waals surface area contributed by atoms with E-state index in [1.807, 2.05) is 65.2 Å². The van der Waals surface area contributed by atoms with Crippen LogP contribution in [0.4, 0.5) is 0 Å². The number of benzene rings is 2. The summed E-state index contributed by atoms with van der Waals surface area (Å²) in [6.07, 6.45) is 1.79. The number of rotatable bonds is 6. The number of hydrogen-bond donors (Lipinski definition) is 1. The molecule has 0 atom stereocenters. The van der Waals surface area contributed by atoms with Gasteiger partial charge in [0.25, 0.3) is 5.91 Å². The Bertz CT molecular complexity index is 1010. The number of amides is 1. The van der Waals surface area contributed by atoms with Gasteiger partial charge < -0.3 is 4.90 Å². The van der Waals surface area contributed by atoms with Crippen LogP contribution in [0, 0.1) is 0 Å². The maximum Gasteiger partial charge on any atom is 0.250 e. The first kappa shape index (κ1) is 20.3. The summed E-state index contributed by atoms with van der Waals surface area (Å²) in [5.74, 6) is 0.822. The van der Waals surface area contributed by atoms with Gasteiger partial charge in [-0.3, -0.25) is 9.36 Å². The fraction of sp³-hybridized carbons (Fsp3) is 0.273. The molecule has 0 saturated carbocycles. The third-order valence-corrected chi connectivity index (χ3v) is 5.84. The van der Waals surface area contributed by atoms with Gasteiger partial charge in [-0.25, -0.2) is 5.43 Å². The number of aromatic nitrogens is 3. The Labute approximate surface area is 180 Å². The minimum absolute atomic E-state index is 0.143. The third-order valence-electron chi connectivity index (χ3n) is 4.92. The summed E-state index contributed by atoms with van der Waals surface area (Å²) >= 11 is 1.35. The van der Waals surface area contributed by atoms with Crippen LogP contribution in [0.5, 0.6) is 0 Å². The number of likely N-dealkylation sites (tertiary alicyclic amines) is 1. The van der Waals surface area contributed by atoms with Crippen LogP contribution in [0.25, 0.3) is 17.1 Å². The highest BCUT2D eigenvalue weighted by atomic mass is 32.2. The Hall–Kier alpha value is -2.97. The highest BCUT2D eigenvalue weighted by Crippen LogP contribution is 2.27. The Kier molecular flexibility index (Phi) is 6.56. The summed E-state index contributed by atoms with van der Waals surface area (Å²) < 4.78 is 1.98. The molecule has 0 aliphatic carbocycles. The van der Waals surface area contributed by atoms with E-state index in [0.29, 0.717) is 5.16 Å². The van der Waals surface area contributed by atoms with Crippen molar-refractivity contribution >= 4 is 23.4 Å². The monoisotopic (exact) mass is 420 g/mol. The van der Waals surface area contributed by atoms with Crippen molar-refractivity contribution in [2.75, 3.05) is 25.9 Å². The van der Waals surface area contributed by atoms with Gasteiger partial charge in [0, 0.05) is 42.9 Å². The van der Waals surface area contributed by atoms with Crippen LogP contribution >= 0.6 is 11.8 Å². The molecule has 8 heteroatoms. The van der Waals surface area contributed by atoms with Crippen molar-refractivity contribution in [2.24, 2.45) is 5.10 Å². The van der Waals surface area contributed by atoms with Gasteiger partial charge >= 0.3 is 0 Å². The summed E-state index contributed by atoms with van der Waals surface area (Å²) in [5, 5.41) is 13.7. The summed E-state index contributed by atoms with van der Waals surface area (Å²) in [7, 11) is 2.10. The number of nitrogens with zero attached hydrogens (tertiary/aromatic N) is 5. The van der Waals surface area contributed by atoms with E-state index in [4.69, 9.17) is 0 Å². The predicted molar refractivity (Wildman–Crippen MR) is 120 cm³/mol. The van der Waals surface area contributed by atoms with Crippen molar-refractivity contribution in [1.29, 1.82) is 0 Å². The maximum atomic E-state index is 12.3. The molecule has 1 N–H and O–H groups in total. The fourth-order valence-electron chi connectivity index (χ4n) is 3.24. The second-order valence-corrected chi connectivity index (χ2v) is 8.09. The van der Waals surface area contributed by atoms with E-state index < -0.39 is 0 Å². The van der Waals surface area contributed by atoms with E-state index in [2.05, 4.69) is 32.7 Å². The number of thioether (sulfide) groups is 1. The van der Waals surface area contributed by atoms with Gasteiger partial charge in [0.2, 0.25) is 0 Å². The molecule has 0 spiro atoms. The molecule has 1 saturated heterocycles. The number of nitrogens with one attached hydrogen (secondary N) is 1. The Morgan fingerprint density at radius 3 is 2.40 bits per heavy atom. The normalized spacial score (nSPS) is 14.5. The molecule has 2 aromatic carbocycles. The van der Waals surface area contributed by atoms with Gasteiger partial charge in [-0.15, -0.1) is 10.2 Å². The fourth-order valence-corrected chi connectivity index (χ4v) is 3.98. The van der Waals surface area contributed by atoms with Crippen molar-refractivity contribution in [1.82, 2.24) is 25.1 Å². The van der Waals surface area contributed by atoms with Gasteiger partial charge in [0.1, 0.15) is 0 Å². The average molecular weight is 421 g/mol. The molecule has 1 aromatic heterocycles. The molecule has 0 radical (unpaired) electrons. The first-order valence-corrected chi connectivity index (χ1v) is 10.9. The van der Waals surface area contributed by atoms with E-state index in [0.717, 1.165) is 48.7 Å². The van der Waals surface area contributed by atoms with E-state index in [9.17, 15) is 4.79 Å². The number of carbonyl (C=O) groups is 1. The van der Waals surface area contributed by atoms with Gasteiger partial charge in [0.05, 0.1) is 5.75 Å². The van der Waals surface area contributed by atoms with Gasteiger partial charge in [-0.05, 0) is 19.2 Å².